The summed E-state index contributed by atoms with van der Waals surface area (Å²) in [7, 11) is 0. The minimum absolute atomic E-state index is 0.161. The van der Waals surface area contributed by atoms with Gasteiger partial charge in [0.1, 0.15) is 0 Å². The summed E-state index contributed by atoms with van der Waals surface area (Å²) in [4.78, 5) is 0. The molecule has 0 spiro atoms. The van der Waals surface area contributed by atoms with Crippen LogP contribution in [0.15, 0.2) is 36.6 Å². The monoisotopic (exact) mass is 133 g/mol. The zero-order valence-electron chi connectivity index (χ0n) is 6.04. The predicted octanol–water partition coefficient (Wildman–Crippen LogP) is 1.60. The lowest BCUT2D eigenvalue weighted by Crippen LogP contribution is -2.39. The first-order chi connectivity index (χ1) is 4.81. The molecule has 2 rings (SSSR count). The van der Waals surface area contributed by atoms with Crippen molar-refractivity contribution in [3.8, 4) is 0 Å². The van der Waals surface area contributed by atoms with E-state index in [0.29, 0.717) is 5.92 Å². The molecule has 0 aromatic heterocycles. The summed E-state index contributed by atoms with van der Waals surface area (Å²) in [5.41, 5.74) is 0.161. The van der Waals surface area contributed by atoms with Crippen LogP contribution < -0.4 is 5.32 Å². The Bertz CT molecular complexity index is 225. The molecule has 2 unspecified atom stereocenters. The molecular weight excluding hydrogens is 122 g/mol. The molecular formula is C9H11N. The van der Waals surface area contributed by atoms with Crippen LogP contribution in [0.25, 0.3) is 0 Å². The van der Waals surface area contributed by atoms with Crippen molar-refractivity contribution in [1.82, 2.24) is 5.32 Å². The van der Waals surface area contributed by atoms with E-state index in [9.17, 15) is 0 Å². The van der Waals surface area contributed by atoms with Gasteiger partial charge in [0, 0.05) is 5.92 Å². The molecule has 2 atom stereocenters. The number of hydrogen-bond donors (Lipinski definition) is 1. The normalized spacial score (nSPS) is 41.5. The molecule has 0 aromatic rings. The smallest absolute Gasteiger partial charge is 0.0623 e. The van der Waals surface area contributed by atoms with Crippen molar-refractivity contribution in [3.05, 3.63) is 36.6 Å². The van der Waals surface area contributed by atoms with Gasteiger partial charge in [0.2, 0.25) is 0 Å². The van der Waals surface area contributed by atoms with Gasteiger partial charge >= 0.3 is 0 Å². The lowest BCUT2D eigenvalue weighted by molar-refractivity contribution is 0.459. The zero-order valence-corrected chi connectivity index (χ0v) is 6.04. The summed E-state index contributed by atoms with van der Waals surface area (Å²) in [6, 6.07) is 0. The van der Waals surface area contributed by atoms with Crippen molar-refractivity contribution in [2.75, 3.05) is 0 Å². The van der Waals surface area contributed by atoms with Gasteiger partial charge in [-0.05, 0) is 13.1 Å². The molecule has 0 bridgehead atoms. The molecule has 0 fully saturated rings. The van der Waals surface area contributed by atoms with E-state index in [1.165, 1.54) is 0 Å². The zero-order chi connectivity index (χ0) is 7.03. The fourth-order valence-corrected chi connectivity index (χ4v) is 1.49. The van der Waals surface area contributed by atoms with Crippen LogP contribution in [0.4, 0.5) is 0 Å². The van der Waals surface area contributed by atoms with Crippen molar-refractivity contribution < 1.29 is 0 Å². The molecule has 52 valence electrons. The highest BCUT2D eigenvalue weighted by atomic mass is 15.0. The number of rotatable bonds is 0. The van der Waals surface area contributed by atoms with E-state index in [1.54, 1.807) is 0 Å². The Labute approximate surface area is 61.1 Å². The first-order valence-electron chi connectivity index (χ1n) is 3.62. The van der Waals surface area contributed by atoms with Crippen molar-refractivity contribution in [2.45, 2.75) is 12.5 Å². The molecule has 0 aromatic carbocycles. The lowest BCUT2D eigenvalue weighted by Gasteiger charge is -2.28. The van der Waals surface area contributed by atoms with E-state index < -0.39 is 0 Å². The van der Waals surface area contributed by atoms with E-state index in [2.05, 4.69) is 42.6 Å². The van der Waals surface area contributed by atoms with Crippen LogP contribution in [0.1, 0.15) is 6.92 Å². The average Bonchev–Trinajstić information content (AvgIpc) is 2.29. The first-order valence-corrected chi connectivity index (χ1v) is 3.62. The Balaban J connectivity index is 2.35. The van der Waals surface area contributed by atoms with Crippen LogP contribution in [0.2, 0.25) is 0 Å². The number of hydrogen-bond acceptors (Lipinski definition) is 1. The Hall–Kier alpha value is -0.980. The van der Waals surface area contributed by atoms with Gasteiger partial charge in [0.25, 0.3) is 0 Å². The van der Waals surface area contributed by atoms with Gasteiger partial charge in [-0.1, -0.05) is 30.4 Å². The van der Waals surface area contributed by atoms with E-state index >= 15 is 0 Å². The lowest BCUT2D eigenvalue weighted by atomic mass is 9.85. The number of allylic oxidation sites excluding steroid dienone is 2. The molecule has 1 nitrogen and oxygen atoms in total. The predicted molar refractivity (Wildman–Crippen MR) is 42.5 cm³/mol. The van der Waals surface area contributed by atoms with Crippen LogP contribution in [0.3, 0.4) is 0 Å². The van der Waals surface area contributed by atoms with E-state index in [-0.39, 0.29) is 5.54 Å². The topological polar surface area (TPSA) is 12.0 Å². The van der Waals surface area contributed by atoms with E-state index in [4.69, 9.17) is 0 Å². The highest BCUT2D eigenvalue weighted by molar-refractivity contribution is 5.31. The quantitative estimate of drug-likeness (QED) is 0.529. The summed E-state index contributed by atoms with van der Waals surface area (Å²) in [6.07, 6.45) is 12.8. The van der Waals surface area contributed by atoms with E-state index in [0.717, 1.165) is 0 Å². The number of fused-ring (bicyclic) bond motifs is 1. The Kier molecular flexibility index (Phi) is 1.01. The maximum atomic E-state index is 3.32. The summed E-state index contributed by atoms with van der Waals surface area (Å²) in [6.45, 7) is 2.21. The fourth-order valence-electron chi connectivity index (χ4n) is 1.49. The highest BCUT2D eigenvalue weighted by Crippen LogP contribution is 2.28. The molecule has 1 aliphatic heterocycles. The third-order valence-corrected chi connectivity index (χ3v) is 2.26. The van der Waals surface area contributed by atoms with Crippen LogP contribution in [0, 0.1) is 5.92 Å². The minimum atomic E-state index is 0.161. The van der Waals surface area contributed by atoms with Crippen molar-refractivity contribution in [3.63, 3.8) is 0 Å². The van der Waals surface area contributed by atoms with Crippen molar-refractivity contribution >= 4 is 0 Å². The largest absolute Gasteiger partial charge is 0.382 e. The molecule has 0 amide bonds. The molecule has 1 heteroatoms. The second kappa shape index (κ2) is 1.75. The van der Waals surface area contributed by atoms with Gasteiger partial charge in [-0.2, -0.15) is 0 Å². The summed E-state index contributed by atoms with van der Waals surface area (Å²) < 4.78 is 0. The Morgan fingerprint density at radius 2 is 2.20 bits per heavy atom. The SMILES string of the molecule is CC12C=CC=CC1C=CN2. The molecule has 10 heavy (non-hydrogen) atoms. The third kappa shape index (κ3) is 0.635. The molecule has 1 heterocycles. The van der Waals surface area contributed by atoms with Crippen LogP contribution in [-0.4, -0.2) is 5.54 Å². The van der Waals surface area contributed by atoms with E-state index in [1.807, 2.05) is 6.20 Å². The number of nitrogens with one attached hydrogen (secondary N) is 1. The third-order valence-electron chi connectivity index (χ3n) is 2.26. The summed E-state index contributed by atoms with van der Waals surface area (Å²) in [5.74, 6) is 0.553. The van der Waals surface area contributed by atoms with Crippen LogP contribution in [-0.2, 0) is 0 Å². The first kappa shape index (κ1) is 5.78. The van der Waals surface area contributed by atoms with Crippen LogP contribution in [0.5, 0.6) is 0 Å². The molecule has 0 saturated heterocycles. The average molecular weight is 133 g/mol. The van der Waals surface area contributed by atoms with Crippen molar-refractivity contribution in [1.29, 1.82) is 0 Å². The minimum Gasteiger partial charge on any atom is -0.382 e. The van der Waals surface area contributed by atoms with Gasteiger partial charge in [-0.3, -0.25) is 0 Å². The van der Waals surface area contributed by atoms with Gasteiger partial charge in [-0.25, -0.2) is 0 Å². The molecule has 0 saturated carbocycles. The van der Waals surface area contributed by atoms with Gasteiger partial charge in [0.15, 0.2) is 0 Å². The summed E-state index contributed by atoms with van der Waals surface area (Å²) in [5, 5.41) is 3.32. The molecule has 1 aliphatic carbocycles. The summed E-state index contributed by atoms with van der Waals surface area (Å²) >= 11 is 0. The molecule has 1 N–H and O–H groups in total. The maximum Gasteiger partial charge on any atom is 0.0623 e. The highest BCUT2D eigenvalue weighted by Gasteiger charge is 2.31. The Morgan fingerprint density at radius 3 is 3.00 bits per heavy atom. The second-order valence-corrected chi connectivity index (χ2v) is 3.06. The van der Waals surface area contributed by atoms with Gasteiger partial charge < -0.3 is 5.32 Å². The standard InChI is InChI=1S/C9H11N/c1-9-6-3-2-4-8(9)5-7-10-9/h2-8,10H,1H3. The maximum absolute atomic E-state index is 3.32. The second-order valence-electron chi connectivity index (χ2n) is 3.06. The molecule has 2 aliphatic rings. The fraction of sp³-hybridized carbons (Fsp3) is 0.333. The Morgan fingerprint density at radius 1 is 1.30 bits per heavy atom. The van der Waals surface area contributed by atoms with Crippen molar-refractivity contribution in [2.24, 2.45) is 5.92 Å². The van der Waals surface area contributed by atoms with Crippen LogP contribution >= 0.6 is 0 Å². The molecule has 0 radical (unpaired) electrons. The van der Waals surface area contributed by atoms with Gasteiger partial charge in [-0.15, -0.1) is 0 Å². The van der Waals surface area contributed by atoms with Gasteiger partial charge in [0.05, 0.1) is 5.54 Å².